The van der Waals surface area contributed by atoms with Crippen LogP contribution in [-0.4, -0.2) is 23.4 Å². The van der Waals surface area contributed by atoms with Gasteiger partial charge in [-0.15, -0.1) is 0 Å². The summed E-state index contributed by atoms with van der Waals surface area (Å²) in [6.45, 7) is 9.30. The summed E-state index contributed by atoms with van der Waals surface area (Å²) in [5.74, 6) is 0. The highest BCUT2D eigenvalue weighted by molar-refractivity contribution is 7.80. The lowest BCUT2D eigenvalue weighted by atomic mass is 9.83. The average molecular weight is 173 g/mol. The van der Waals surface area contributed by atoms with Crippen LogP contribution in [0.15, 0.2) is 0 Å². The second-order valence-corrected chi connectivity index (χ2v) is 5.08. The largest absolute Gasteiger partial charge is 0.292 e. The minimum atomic E-state index is 0.436. The Hall–Kier alpha value is 0.310. The summed E-state index contributed by atoms with van der Waals surface area (Å²) in [4.78, 5) is 2.44. The van der Waals surface area contributed by atoms with E-state index in [-0.39, 0.29) is 0 Å². The second-order valence-electron chi connectivity index (χ2n) is 4.33. The van der Waals surface area contributed by atoms with Gasteiger partial charge >= 0.3 is 0 Å². The van der Waals surface area contributed by atoms with Gasteiger partial charge in [0, 0.05) is 5.37 Å². The van der Waals surface area contributed by atoms with Gasteiger partial charge in [-0.05, 0) is 38.3 Å². The Morgan fingerprint density at radius 2 is 1.73 bits per heavy atom. The predicted octanol–water partition coefficient (Wildman–Crippen LogP) is 2.38. The summed E-state index contributed by atoms with van der Waals surface area (Å²) >= 11 is 4.42. The van der Waals surface area contributed by atoms with Crippen LogP contribution >= 0.6 is 12.6 Å². The van der Waals surface area contributed by atoms with Crippen LogP contribution < -0.4 is 0 Å². The summed E-state index contributed by atoms with van der Waals surface area (Å²) in [6, 6.07) is 0. The first-order valence-electron chi connectivity index (χ1n) is 4.43. The topological polar surface area (TPSA) is 3.24 Å². The number of hydrogen-bond donors (Lipinski definition) is 1. The summed E-state index contributed by atoms with van der Waals surface area (Å²) < 4.78 is 0. The van der Waals surface area contributed by atoms with E-state index in [9.17, 15) is 0 Å². The zero-order chi connectivity index (χ0) is 8.48. The van der Waals surface area contributed by atoms with E-state index in [1.165, 1.54) is 25.9 Å². The van der Waals surface area contributed by atoms with Gasteiger partial charge in [0.2, 0.25) is 0 Å². The first kappa shape index (κ1) is 9.40. The maximum absolute atomic E-state index is 4.42. The van der Waals surface area contributed by atoms with Crippen molar-refractivity contribution in [1.29, 1.82) is 0 Å². The maximum Gasteiger partial charge on any atom is 0.0499 e. The Kier molecular flexibility index (Phi) is 2.87. The van der Waals surface area contributed by atoms with Crippen LogP contribution in [0, 0.1) is 5.41 Å². The van der Waals surface area contributed by atoms with Gasteiger partial charge in [0.05, 0.1) is 0 Å². The number of nitrogens with zero attached hydrogens (tertiary/aromatic N) is 1. The first-order chi connectivity index (χ1) is 5.01. The Bertz CT molecular complexity index is 122. The maximum atomic E-state index is 4.42. The Labute approximate surface area is 75.6 Å². The summed E-state index contributed by atoms with van der Waals surface area (Å²) in [7, 11) is 0. The lowest BCUT2D eigenvalue weighted by molar-refractivity contribution is 0.129. The molecule has 1 unspecified atom stereocenters. The van der Waals surface area contributed by atoms with Crippen LogP contribution in [0.25, 0.3) is 0 Å². The zero-order valence-corrected chi connectivity index (χ0v) is 8.69. The van der Waals surface area contributed by atoms with Gasteiger partial charge in [-0.25, -0.2) is 0 Å². The Morgan fingerprint density at radius 3 is 2.09 bits per heavy atom. The molecule has 0 N–H and O–H groups in total. The lowest BCUT2D eigenvalue weighted by Gasteiger charge is -2.38. The van der Waals surface area contributed by atoms with E-state index in [0.29, 0.717) is 10.8 Å². The highest BCUT2D eigenvalue weighted by atomic mass is 32.1. The Balaban J connectivity index is 2.36. The van der Waals surface area contributed by atoms with Gasteiger partial charge in [0.1, 0.15) is 0 Å². The molecule has 0 saturated carbocycles. The molecule has 0 bridgehead atoms. The fourth-order valence-electron chi connectivity index (χ4n) is 1.50. The molecular formula is C9H19NS. The van der Waals surface area contributed by atoms with Crippen molar-refractivity contribution in [1.82, 2.24) is 4.90 Å². The minimum absolute atomic E-state index is 0.436. The smallest absolute Gasteiger partial charge is 0.0499 e. The van der Waals surface area contributed by atoms with E-state index in [0.717, 1.165) is 0 Å². The molecule has 2 heteroatoms. The number of likely N-dealkylation sites (tertiary alicyclic amines) is 1. The minimum Gasteiger partial charge on any atom is -0.292 e. The normalized spacial score (nSPS) is 28.4. The fourth-order valence-corrected chi connectivity index (χ4v) is 1.73. The van der Waals surface area contributed by atoms with E-state index in [1.807, 2.05) is 0 Å². The third-order valence-corrected chi connectivity index (χ3v) is 3.01. The summed E-state index contributed by atoms with van der Waals surface area (Å²) in [5, 5.41) is 0.436. The molecule has 1 nitrogen and oxygen atoms in total. The van der Waals surface area contributed by atoms with Gasteiger partial charge in [0.15, 0.2) is 0 Å². The second kappa shape index (κ2) is 3.36. The summed E-state index contributed by atoms with van der Waals surface area (Å²) in [5.41, 5.74) is 0.569. The molecule has 1 saturated heterocycles. The van der Waals surface area contributed by atoms with Crippen molar-refractivity contribution in [3.8, 4) is 0 Å². The van der Waals surface area contributed by atoms with Crippen LogP contribution in [0.5, 0.6) is 0 Å². The van der Waals surface area contributed by atoms with Crippen LogP contribution in [0.1, 0.15) is 33.6 Å². The molecule has 0 radical (unpaired) electrons. The van der Waals surface area contributed by atoms with E-state index in [4.69, 9.17) is 0 Å². The number of thiol groups is 1. The highest BCUT2D eigenvalue weighted by Crippen LogP contribution is 2.30. The van der Waals surface area contributed by atoms with Gasteiger partial charge in [-0.2, -0.15) is 12.6 Å². The number of piperidine rings is 1. The first-order valence-corrected chi connectivity index (χ1v) is 4.95. The number of hydrogen-bond acceptors (Lipinski definition) is 2. The van der Waals surface area contributed by atoms with Gasteiger partial charge in [-0.3, -0.25) is 4.90 Å². The quantitative estimate of drug-likeness (QED) is 0.596. The molecule has 0 aromatic heterocycles. The molecule has 1 rings (SSSR count). The monoisotopic (exact) mass is 173 g/mol. The van der Waals surface area contributed by atoms with Crippen molar-refractivity contribution in [3.05, 3.63) is 0 Å². The van der Waals surface area contributed by atoms with Crippen molar-refractivity contribution in [3.63, 3.8) is 0 Å². The molecule has 0 aliphatic carbocycles. The third-order valence-electron chi connectivity index (χ3n) is 2.68. The molecule has 1 aliphatic rings. The van der Waals surface area contributed by atoms with E-state index < -0.39 is 0 Å². The average Bonchev–Trinajstić information content (AvgIpc) is 1.86. The Morgan fingerprint density at radius 1 is 1.27 bits per heavy atom. The predicted molar refractivity (Wildman–Crippen MR) is 53.0 cm³/mol. The van der Waals surface area contributed by atoms with E-state index >= 15 is 0 Å². The molecule has 1 aliphatic heterocycles. The molecule has 0 aromatic rings. The highest BCUT2D eigenvalue weighted by Gasteiger charge is 2.26. The van der Waals surface area contributed by atoms with Gasteiger partial charge < -0.3 is 0 Å². The van der Waals surface area contributed by atoms with Gasteiger partial charge in [-0.1, -0.05) is 13.8 Å². The molecule has 0 aromatic carbocycles. The molecule has 0 amide bonds. The standard InChI is InChI=1S/C9H19NS/c1-8(11)10-6-4-9(2,3)5-7-10/h8,11H,4-7H2,1-3H3. The van der Waals surface area contributed by atoms with Crippen molar-refractivity contribution in [2.45, 2.75) is 39.0 Å². The SMILES string of the molecule is CC(S)N1CCC(C)(C)CC1. The van der Waals surface area contributed by atoms with Crippen LogP contribution in [0.3, 0.4) is 0 Å². The van der Waals surface area contributed by atoms with Gasteiger partial charge in [0.25, 0.3) is 0 Å². The molecule has 11 heavy (non-hydrogen) atoms. The molecule has 1 atom stereocenters. The van der Waals surface area contributed by atoms with Crippen LogP contribution in [0.4, 0.5) is 0 Å². The molecule has 0 spiro atoms. The lowest BCUT2D eigenvalue weighted by Crippen LogP contribution is -2.40. The van der Waals surface area contributed by atoms with E-state index in [1.54, 1.807) is 0 Å². The molecule has 66 valence electrons. The van der Waals surface area contributed by atoms with Crippen molar-refractivity contribution in [2.24, 2.45) is 5.41 Å². The van der Waals surface area contributed by atoms with Crippen molar-refractivity contribution in [2.75, 3.05) is 13.1 Å². The molecular weight excluding hydrogens is 154 g/mol. The third kappa shape index (κ3) is 2.68. The van der Waals surface area contributed by atoms with Crippen molar-refractivity contribution < 1.29 is 0 Å². The zero-order valence-electron chi connectivity index (χ0n) is 7.80. The van der Waals surface area contributed by atoms with Crippen molar-refractivity contribution >= 4 is 12.6 Å². The number of rotatable bonds is 1. The van der Waals surface area contributed by atoms with Crippen LogP contribution in [0.2, 0.25) is 0 Å². The summed E-state index contributed by atoms with van der Waals surface area (Å²) in [6.07, 6.45) is 2.63. The molecule has 1 fully saturated rings. The molecule has 1 heterocycles. The fraction of sp³-hybridized carbons (Fsp3) is 1.00. The van der Waals surface area contributed by atoms with E-state index in [2.05, 4.69) is 38.3 Å². The van der Waals surface area contributed by atoms with Crippen LogP contribution in [-0.2, 0) is 0 Å².